The van der Waals surface area contributed by atoms with Crippen molar-refractivity contribution in [1.82, 2.24) is 5.32 Å². The molecule has 0 amide bonds. The number of ether oxygens (including phenoxy) is 1. The highest BCUT2D eigenvalue weighted by Gasteiger charge is 2.27. The summed E-state index contributed by atoms with van der Waals surface area (Å²) < 4.78 is 5.01. The van der Waals surface area contributed by atoms with E-state index in [2.05, 4.69) is 32.6 Å². The van der Waals surface area contributed by atoms with Crippen molar-refractivity contribution in [3.05, 3.63) is 0 Å². The van der Waals surface area contributed by atoms with Gasteiger partial charge in [0, 0.05) is 0 Å². The van der Waals surface area contributed by atoms with Crippen molar-refractivity contribution in [1.29, 1.82) is 0 Å². The molecule has 0 aromatic carbocycles. The Hall–Kier alpha value is 0.160. The maximum Gasteiger partial charge on any atom is 0.322 e. The Balaban J connectivity index is 2.37. The van der Waals surface area contributed by atoms with Crippen LogP contribution in [0.2, 0.25) is 0 Å². The van der Waals surface area contributed by atoms with E-state index in [0.29, 0.717) is 4.05 Å². The van der Waals surface area contributed by atoms with Gasteiger partial charge in [-0.15, -0.1) is 0 Å². The van der Waals surface area contributed by atoms with E-state index in [9.17, 15) is 4.79 Å². The van der Waals surface area contributed by atoms with Crippen LogP contribution in [-0.4, -0.2) is 23.2 Å². The molecule has 1 aliphatic heterocycles. The van der Waals surface area contributed by atoms with Gasteiger partial charge >= 0.3 is 5.97 Å². The first kappa shape index (κ1) is 8.26. The third-order valence-corrected chi connectivity index (χ3v) is 2.56. The predicted octanol–water partition coefficient (Wildman–Crippen LogP) is 0.672. The zero-order valence-electron chi connectivity index (χ0n) is 5.76. The standard InChI is InChI=1S/C6H10INO2/c1-10-6(9)4-2-3-5(7)8-4/h4-5,8H,2-3H2,1H3/t4-,5+/m0/s1. The molecule has 4 heteroatoms. The number of hydrogen-bond acceptors (Lipinski definition) is 3. The second-order valence-electron chi connectivity index (χ2n) is 2.29. The van der Waals surface area contributed by atoms with Crippen LogP contribution in [0.3, 0.4) is 0 Å². The number of nitrogens with one attached hydrogen (secondary N) is 1. The van der Waals surface area contributed by atoms with Crippen LogP contribution < -0.4 is 5.32 Å². The van der Waals surface area contributed by atoms with Crippen LogP contribution in [0.15, 0.2) is 0 Å². The van der Waals surface area contributed by atoms with E-state index in [1.807, 2.05) is 0 Å². The molecule has 1 N–H and O–H groups in total. The molecule has 0 unspecified atom stereocenters. The molecule has 1 aliphatic rings. The molecular weight excluding hydrogens is 245 g/mol. The van der Waals surface area contributed by atoms with Crippen molar-refractivity contribution in [2.75, 3.05) is 7.11 Å². The fraction of sp³-hybridized carbons (Fsp3) is 0.833. The summed E-state index contributed by atoms with van der Waals surface area (Å²) in [6, 6.07) is -0.0631. The first-order chi connectivity index (χ1) is 4.74. The third kappa shape index (κ3) is 1.82. The van der Waals surface area contributed by atoms with Crippen LogP contribution in [0.5, 0.6) is 0 Å². The topological polar surface area (TPSA) is 38.3 Å². The number of hydrogen-bond donors (Lipinski definition) is 1. The molecule has 1 fully saturated rings. The van der Waals surface area contributed by atoms with Gasteiger partial charge in [0.25, 0.3) is 0 Å². The Morgan fingerprint density at radius 3 is 2.80 bits per heavy atom. The van der Waals surface area contributed by atoms with Crippen LogP contribution >= 0.6 is 22.6 Å². The lowest BCUT2D eigenvalue weighted by atomic mass is 10.2. The van der Waals surface area contributed by atoms with Gasteiger partial charge in [-0.25, -0.2) is 0 Å². The lowest BCUT2D eigenvalue weighted by Crippen LogP contribution is -2.33. The Morgan fingerprint density at radius 2 is 2.40 bits per heavy atom. The number of alkyl halides is 1. The summed E-state index contributed by atoms with van der Waals surface area (Å²) >= 11 is 2.28. The summed E-state index contributed by atoms with van der Waals surface area (Å²) in [5.74, 6) is -0.140. The number of carbonyl (C=O) groups is 1. The van der Waals surface area contributed by atoms with E-state index in [4.69, 9.17) is 0 Å². The van der Waals surface area contributed by atoms with Crippen LogP contribution in [0.25, 0.3) is 0 Å². The first-order valence-electron chi connectivity index (χ1n) is 3.22. The fourth-order valence-corrected chi connectivity index (χ4v) is 1.82. The van der Waals surface area contributed by atoms with Gasteiger partial charge < -0.3 is 4.74 Å². The van der Waals surface area contributed by atoms with Crippen molar-refractivity contribution >= 4 is 28.6 Å². The molecule has 2 atom stereocenters. The van der Waals surface area contributed by atoms with Crippen molar-refractivity contribution < 1.29 is 9.53 Å². The molecule has 3 nitrogen and oxygen atoms in total. The first-order valence-corrected chi connectivity index (χ1v) is 4.46. The number of carbonyl (C=O) groups excluding carboxylic acids is 1. The summed E-state index contributed by atoms with van der Waals surface area (Å²) in [5, 5.41) is 3.12. The molecule has 0 spiro atoms. The van der Waals surface area contributed by atoms with E-state index < -0.39 is 0 Å². The average Bonchev–Trinajstić information content (AvgIpc) is 2.34. The van der Waals surface area contributed by atoms with Gasteiger partial charge in [0.1, 0.15) is 6.04 Å². The van der Waals surface area contributed by atoms with Crippen LogP contribution in [0.1, 0.15) is 12.8 Å². The molecule has 1 saturated heterocycles. The van der Waals surface area contributed by atoms with E-state index in [-0.39, 0.29) is 12.0 Å². The van der Waals surface area contributed by atoms with Crippen molar-refractivity contribution in [2.24, 2.45) is 0 Å². The lowest BCUT2D eigenvalue weighted by Gasteiger charge is -2.06. The summed E-state index contributed by atoms with van der Waals surface area (Å²) in [6.07, 6.45) is 1.96. The molecule has 0 aromatic rings. The number of methoxy groups -OCH3 is 1. The third-order valence-electron chi connectivity index (χ3n) is 1.58. The molecule has 0 aromatic heterocycles. The summed E-state index contributed by atoms with van der Waals surface area (Å²) in [5.41, 5.74) is 0. The maximum atomic E-state index is 10.9. The minimum absolute atomic E-state index is 0.0631. The van der Waals surface area contributed by atoms with Crippen LogP contribution in [0.4, 0.5) is 0 Å². The monoisotopic (exact) mass is 255 g/mol. The van der Waals surface area contributed by atoms with Gasteiger partial charge in [0.2, 0.25) is 0 Å². The SMILES string of the molecule is COC(=O)[C@@H]1CC[C@H](I)N1. The van der Waals surface area contributed by atoms with E-state index in [0.717, 1.165) is 12.8 Å². The average molecular weight is 255 g/mol. The number of rotatable bonds is 1. The zero-order valence-corrected chi connectivity index (χ0v) is 7.92. The Bertz CT molecular complexity index is 140. The highest BCUT2D eigenvalue weighted by Crippen LogP contribution is 2.17. The van der Waals surface area contributed by atoms with Gasteiger partial charge in [-0.3, -0.25) is 10.1 Å². The Morgan fingerprint density at radius 1 is 1.70 bits per heavy atom. The summed E-state index contributed by atoms with van der Waals surface area (Å²) in [4.78, 5) is 10.9. The van der Waals surface area contributed by atoms with Gasteiger partial charge in [-0.1, -0.05) is 22.6 Å². The largest absolute Gasteiger partial charge is 0.468 e. The van der Waals surface area contributed by atoms with Gasteiger partial charge in [0.05, 0.1) is 11.2 Å². The molecule has 1 heterocycles. The lowest BCUT2D eigenvalue weighted by molar-refractivity contribution is -0.142. The second-order valence-corrected chi connectivity index (χ2v) is 3.79. The van der Waals surface area contributed by atoms with Crippen LogP contribution in [0, 0.1) is 0 Å². The summed E-state index contributed by atoms with van der Waals surface area (Å²) in [7, 11) is 1.42. The smallest absolute Gasteiger partial charge is 0.322 e. The van der Waals surface area contributed by atoms with Gasteiger partial charge in [-0.2, -0.15) is 0 Å². The van der Waals surface area contributed by atoms with E-state index in [1.165, 1.54) is 7.11 Å². The fourth-order valence-electron chi connectivity index (χ4n) is 1.03. The predicted molar refractivity (Wildman–Crippen MR) is 46.0 cm³/mol. The molecular formula is C6H10INO2. The van der Waals surface area contributed by atoms with E-state index >= 15 is 0 Å². The Labute approximate surface area is 73.6 Å². The molecule has 0 bridgehead atoms. The van der Waals surface area contributed by atoms with Crippen molar-refractivity contribution in [3.63, 3.8) is 0 Å². The molecule has 0 saturated carbocycles. The maximum absolute atomic E-state index is 10.9. The second kappa shape index (κ2) is 3.52. The van der Waals surface area contributed by atoms with Crippen molar-refractivity contribution in [3.8, 4) is 0 Å². The quantitative estimate of drug-likeness (QED) is 0.324. The number of esters is 1. The summed E-state index contributed by atoms with van der Waals surface area (Å²) in [6.45, 7) is 0. The van der Waals surface area contributed by atoms with Gasteiger partial charge in [0.15, 0.2) is 0 Å². The molecule has 0 aliphatic carbocycles. The molecule has 1 rings (SSSR count). The highest BCUT2D eigenvalue weighted by atomic mass is 127. The minimum atomic E-state index is -0.140. The highest BCUT2D eigenvalue weighted by molar-refractivity contribution is 14.1. The van der Waals surface area contributed by atoms with Gasteiger partial charge in [-0.05, 0) is 12.8 Å². The Kier molecular flexibility index (Phi) is 2.91. The van der Waals surface area contributed by atoms with Crippen LogP contribution in [-0.2, 0) is 9.53 Å². The zero-order chi connectivity index (χ0) is 7.56. The molecule has 10 heavy (non-hydrogen) atoms. The van der Waals surface area contributed by atoms with Crippen molar-refractivity contribution in [2.45, 2.75) is 22.9 Å². The normalized spacial score (nSPS) is 32.2. The number of halogens is 1. The molecule has 58 valence electrons. The van der Waals surface area contributed by atoms with E-state index in [1.54, 1.807) is 0 Å². The molecule has 0 radical (unpaired) electrons. The minimum Gasteiger partial charge on any atom is -0.468 e.